The molecule has 0 radical (unpaired) electrons. The second-order valence-corrected chi connectivity index (χ2v) is 14.7. The topological polar surface area (TPSA) is 0 Å². The molecule has 0 heterocycles. The first-order valence-electron chi connectivity index (χ1n) is 2.55. The van der Waals surface area contributed by atoms with E-state index in [0.29, 0.717) is 0 Å². The van der Waals surface area contributed by atoms with Crippen LogP contribution in [0.2, 0.25) is 24.3 Å². The van der Waals surface area contributed by atoms with Crippen molar-refractivity contribution in [3.8, 4) is 0 Å². The Balaban J connectivity index is 2.60. The zero-order chi connectivity index (χ0) is 6.95. The van der Waals surface area contributed by atoms with Crippen LogP contribution in [0.1, 0.15) is 0 Å². The van der Waals surface area contributed by atoms with Gasteiger partial charge in [-0.05, 0) is 0 Å². The Labute approximate surface area is 83.3 Å². The average molecular weight is 388 g/mol. The molecule has 0 aliphatic rings. The van der Waals surface area contributed by atoms with Gasteiger partial charge in [0.15, 0.2) is 0 Å². The molecule has 0 aromatic heterocycles. The van der Waals surface area contributed by atoms with Crippen LogP contribution in [0.25, 0.3) is 0 Å². The summed E-state index contributed by atoms with van der Waals surface area (Å²) in [6.07, 6.45) is 0. The Morgan fingerprint density at radius 3 is 1.56 bits per heavy atom. The average Bonchev–Trinajstić information content (AvgIpc) is 1.89. The predicted molar refractivity (Wildman–Crippen MR) is 49.2 cm³/mol. The minimum absolute atomic E-state index is 0.966. The molecule has 0 fully saturated rings. The number of rotatable bonds is 6. The summed E-state index contributed by atoms with van der Waals surface area (Å²) < 4.78 is 4.78. The van der Waals surface area contributed by atoms with E-state index in [1.807, 2.05) is 0 Å². The molecule has 0 atom stereocenters. The van der Waals surface area contributed by atoms with Crippen molar-refractivity contribution in [1.82, 2.24) is 0 Å². The van der Waals surface area contributed by atoms with E-state index in [2.05, 4.69) is 11.6 Å². The van der Waals surface area contributed by atoms with Gasteiger partial charge in [0.1, 0.15) is 0 Å². The molecule has 0 aliphatic carbocycles. The Bertz CT molecular complexity index is 42.2. The van der Waals surface area contributed by atoms with Crippen molar-refractivity contribution in [2.24, 2.45) is 0 Å². The zero-order valence-corrected chi connectivity index (χ0v) is 12.6. The van der Waals surface area contributed by atoms with Crippen molar-refractivity contribution in [2.45, 2.75) is 24.3 Å². The van der Waals surface area contributed by atoms with Crippen LogP contribution in [0.15, 0.2) is 0 Å². The maximum absolute atomic E-state index is 2.35. The summed E-state index contributed by atoms with van der Waals surface area (Å²) >= 11 is 4.01. The van der Waals surface area contributed by atoms with E-state index >= 15 is 0 Å². The fourth-order valence-corrected chi connectivity index (χ4v) is 15.6. The van der Waals surface area contributed by atoms with Crippen LogP contribution in [0.3, 0.4) is 0 Å². The first-order valence-corrected chi connectivity index (χ1v) is 13.2. The van der Waals surface area contributed by atoms with Crippen molar-refractivity contribution >= 4 is 59.8 Å². The van der Waals surface area contributed by atoms with Gasteiger partial charge in [-0.15, -0.1) is 0 Å². The third-order valence-corrected chi connectivity index (χ3v) is 15.4. The Morgan fingerprint density at radius 2 is 1.22 bits per heavy atom. The normalized spacial score (nSPS) is 10.0. The minimum atomic E-state index is 0.966. The number of hydrogen-bond acceptors (Lipinski definition) is 0. The van der Waals surface area contributed by atoms with Crippen molar-refractivity contribution in [2.75, 3.05) is 0 Å². The zero-order valence-electron chi connectivity index (χ0n) is 5.75. The monoisotopic (exact) mass is 392 g/mol. The first-order chi connectivity index (χ1) is 4.41. The molecule has 0 aliphatic heterocycles. The Morgan fingerprint density at radius 1 is 0.778 bits per heavy atom. The second kappa shape index (κ2) is 10.1. The molecule has 0 rings (SSSR count). The second-order valence-electron chi connectivity index (χ2n) is 1.34. The summed E-state index contributed by atoms with van der Waals surface area (Å²) in [5, 5.41) is 0. The van der Waals surface area contributed by atoms with E-state index in [0.717, 1.165) is 59.8 Å². The fourth-order valence-electron chi connectivity index (χ4n) is 0.294. The standard InChI is InChI=1S/C5H12Se4/c1-6-3-8-5-9-4-7-2/h3-5H2,1-2H3. The van der Waals surface area contributed by atoms with Gasteiger partial charge < -0.3 is 0 Å². The molecule has 0 spiro atoms. The third-order valence-electron chi connectivity index (χ3n) is 0.569. The van der Waals surface area contributed by atoms with Gasteiger partial charge in [-0.25, -0.2) is 0 Å². The molecule has 0 N–H and O–H groups in total. The van der Waals surface area contributed by atoms with Crippen molar-refractivity contribution < 1.29 is 0 Å². The Kier molecular flexibility index (Phi) is 12.4. The van der Waals surface area contributed by atoms with Gasteiger partial charge in [0.25, 0.3) is 0 Å². The summed E-state index contributed by atoms with van der Waals surface area (Å²) in [5.74, 6) is 4.71. The molecule has 0 nitrogen and oxygen atoms in total. The molecule has 0 amide bonds. The molecular weight excluding hydrogens is 376 g/mol. The van der Waals surface area contributed by atoms with Gasteiger partial charge in [0.2, 0.25) is 0 Å². The van der Waals surface area contributed by atoms with Crippen LogP contribution < -0.4 is 0 Å². The molecule has 0 aromatic rings. The van der Waals surface area contributed by atoms with Gasteiger partial charge in [-0.3, -0.25) is 0 Å². The molecule has 4 heteroatoms. The molecule has 0 bridgehead atoms. The molecular formula is C5H12Se4. The molecule has 9 heavy (non-hydrogen) atoms. The fraction of sp³-hybridized carbons (Fsp3) is 1.00. The Hall–Kier alpha value is 2.08. The van der Waals surface area contributed by atoms with Crippen LogP contribution in [0.4, 0.5) is 0 Å². The molecule has 0 aromatic carbocycles. The maximum atomic E-state index is 2.35. The van der Waals surface area contributed by atoms with Crippen LogP contribution in [-0.2, 0) is 0 Å². The van der Waals surface area contributed by atoms with Crippen molar-refractivity contribution in [3.05, 3.63) is 0 Å². The van der Waals surface area contributed by atoms with E-state index in [9.17, 15) is 0 Å². The van der Waals surface area contributed by atoms with Gasteiger partial charge in [0.05, 0.1) is 0 Å². The van der Waals surface area contributed by atoms with Crippen LogP contribution in [-0.4, -0.2) is 59.8 Å². The van der Waals surface area contributed by atoms with Crippen molar-refractivity contribution in [3.63, 3.8) is 0 Å². The van der Waals surface area contributed by atoms with Gasteiger partial charge in [-0.2, -0.15) is 0 Å². The van der Waals surface area contributed by atoms with Crippen LogP contribution in [0, 0.1) is 0 Å². The number of hydrogen-bond donors (Lipinski definition) is 0. The third kappa shape index (κ3) is 10.1. The van der Waals surface area contributed by atoms with Gasteiger partial charge in [0, 0.05) is 0 Å². The van der Waals surface area contributed by atoms with Crippen molar-refractivity contribution in [1.29, 1.82) is 0 Å². The van der Waals surface area contributed by atoms with E-state index in [-0.39, 0.29) is 0 Å². The summed E-state index contributed by atoms with van der Waals surface area (Å²) in [5.41, 5.74) is 0. The first kappa shape index (κ1) is 11.1. The van der Waals surface area contributed by atoms with Crippen LogP contribution in [0.5, 0.6) is 0 Å². The quantitative estimate of drug-likeness (QED) is 0.471. The van der Waals surface area contributed by atoms with E-state index < -0.39 is 0 Å². The van der Waals surface area contributed by atoms with E-state index in [1.54, 1.807) is 12.7 Å². The predicted octanol–water partition coefficient (Wildman–Crippen LogP) is 1.03. The van der Waals surface area contributed by atoms with E-state index in [4.69, 9.17) is 0 Å². The molecule has 0 saturated carbocycles. The molecule has 56 valence electrons. The molecule has 0 unspecified atom stereocenters. The van der Waals surface area contributed by atoms with Crippen LogP contribution >= 0.6 is 0 Å². The van der Waals surface area contributed by atoms with Gasteiger partial charge in [-0.1, -0.05) is 0 Å². The van der Waals surface area contributed by atoms with E-state index in [1.165, 1.54) is 0 Å². The van der Waals surface area contributed by atoms with Gasteiger partial charge >= 0.3 is 84.1 Å². The SMILES string of the molecule is C[Se]C[Se]C[Se]C[Se]C. The summed E-state index contributed by atoms with van der Waals surface area (Å²) in [6.45, 7) is 0. The summed E-state index contributed by atoms with van der Waals surface area (Å²) in [4.78, 5) is 0. The molecule has 0 saturated heterocycles. The summed E-state index contributed by atoms with van der Waals surface area (Å²) in [7, 11) is 0. The summed E-state index contributed by atoms with van der Waals surface area (Å²) in [6, 6.07) is 0.